The lowest BCUT2D eigenvalue weighted by Gasteiger charge is -2.32. The zero-order valence-electron chi connectivity index (χ0n) is 19.4. The van der Waals surface area contributed by atoms with Gasteiger partial charge in [0, 0.05) is 40.8 Å². The molecule has 8 heteroatoms. The molecule has 6 nitrogen and oxygen atoms in total. The van der Waals surface area contributed by atoms with Crippen LogP contribution in [0.1, 0.15) is 44.2 Å². The summed E-state index contributed by atoms with van der Waals surface area (Å²) in [5, 5.41) is 13.9. The number of carbonyl (C=O) groups is 2. The second-order valence-corrected chi connectivity index (χ2v) is 10.4. The van der Waals surface area contributed by atoms with Gasteiger partial charge >= 0.3 is 0 Å². The molecule has 0 spiro atoms. The van der Waals surface area contributed by atoms with Crippen LogP contribution >= 0.6 is 23.2 Å². The van der Waals surface area contributed by atoms with Gasteiger partial charge in [0.05, 0.1) is 6.10 Å². The fraction of sp³-hybridized carbons (Fsp3) is 0.423. The third-order valence-corrected chi connectivity index (χ3v) is 6.80. The van der Waals surface area contributed by atoms with E-state index < -0.39 is 5.54 Å². The molecule has 1 fully saturated rings. The van der Waals surface area contributed by atoms with Crippen LogP contribution in [0, 0.1) is 5.92 Å². The minimum atomic E-state index is -1.32. The standard InChI is InChI=1S/C26H29Cl2N3O3/c1-16(2)12-23(24(33)31-10-8-20(32)9-11-31)30-26(15-17-4-3-5-18(27)13-17)21-7-6-19(28)14-22(21)29-25(26)34/h3-7,13-14,16,20,32H,8-12,15H2,1-2H3,(H,29,34). The first-order chi connectivity index (χ1) is 16.2. The summed E-state index contributed by atoms with van der Waals surface area (Å²) in [6.45, 7) is 4.98. The monoisotopic (exact) mass is 501 g/mol. The number of aliphatic hydroxyl groups is 1. The quantitative estimate of drug-likeness (QED) is 0.554. The van der Waals surface area contributed by atoms with Crippen molar-refractivity contribution >= 4 is 46.4 Å². The third-order valence-electron chi connectivity index (χ3n) is 6.33. The van der Waals surface area contributed by atoms with Crippen LogP contribution in [-0.4, -0.2) is 46.7 Å². The van der Waals surface area contributed by atoms with Gasteiger partial charge in [-0.05, 0) is 55.0 Å². The van der Waals surface area contributed by atoms with Gasteiger partial charge in [0.15, 0.2) is 5.54 Å². The molecular weight excluding hydrogens is 473 g/mol. The average Bonchev–Trinajstić information content (AvgIpc) is 3.03. The molecule has 0 aromatic heterocycles. The molecule has 2 heterocycles. The first-order valence-electron chi connectivity index (χ1n) is 11.6. The second-order valence-electron chi connectivity index (χ2n) is 9.49. The Hall–Kier alpha value is -2.41. The van der Waals surface area contributed by atoms with E-state index in [1.54, 1.807) is 29.2 Å². The van der Waals surface area contributed by atoms with Gasteiger partial charge < -0.3 is 15.3 Å². The van der Waals surface area contributed by atoms with E-state index in [0.717, 1.165) is 5.56 Å². The molecule has 0 aliphatic carbocycles. The summed E-state index contributed by atoms with van der Waals surface area (Å²) in [6.07, 6.45) is 1.38. The van der Waals surface area contributed by atoms with Gasteiger partial charge in [-0.1, -0.05) is 55.2 Å². The number of aliphatic imine (C=N–C) groups is 1. The topological polar surface area (TPSA) is 82.0 Å². The normalized spacial score (nSPS) is 21.1. The maximum absolute atomic E-state index is 13.6. The van der Waals surface area contributed by atoms with Crippen LogP contribution in [-0.2, 0) is 21.5 Å². The number of amides is 2. The number of aliphatic hydroxyl groups excluding tert-OH is 1. The Morgan fingerprint density at radius 2 is 1.88 bits per heavy atom. The molecule has 4 rings (SSSR count). The van der Waals surface area contributed by atoms with E-state index in [2.05, 4.69) is 5.32 Å². The summed E-state index contributed by atoms with van der Waals surface area (Å²) >= 11 is 12.4. The highest BCUT2D eigenvalue weighted by atomic mass is 35.5. The third kappa shape index (κ3) is 5.14. The molecule has 0 saturated carbocycles. The minimum absolute atomic E-state index is 0.162. The molecule has 1 atom stereocenters. The van der Waals surface area contributed by atoms with Crippen LogP contribution in [0.3, 0.4) is 0 Å². The molecule has 2 aliphatic heterocycles. The van der Waals surface area contributed by atoms with Gasteiger partial charge in [-0.25, -0.2) is 0 Å². The van der Waals surface area contributed by atoms with Crippen LogP contribution in [0.25, 0.3) is 0 Å². The Labute approximate surface area is 210 Å². The zero-order chi connectivity index (χ0) is 24.5. The number of hydrogen-bond donors (Lipinski definition) is 2. The number of fused-ring (bicyclic) bond motifs is 1. The predicted octanol–water partition coefficient (Wildman–Crippen LogP) is 4.85. The van der Waals surface area contributed by atoms with Crippen molar-refractivity contribution in [3.8, 4) is 0 Å². The van der Waals surface area contributed by atoms with Crippen molar-refractivity contribution in [1.82, 2.24) is 4.90 Å². The van der Waals surface area contributed by atoms with Gasteiger partial charge in [-0.2, -0.15) is 0 Å². The Morgan fingerprint density at radius 3 is 2.56 bits per heavy atom. The van der Waals surface area contributed by atoms with Gasteiger partial charge in [0.1, 0.15) is 5.71 Å². The lowest BCUT2D eigenvalue weighted by Crippen LogP contribution is -2.45. The second kappa shape index (κ2) is 10.1. The zero-order valence-corrected chi connectivity index (χ0v) is 20.9. The molecule has 2 aromatic rings. The van der Waals surface area contributed by atoms with Crippen LogP contribution in [0.4, 0.5) is 5.69 Å². The highest BCUT2D eigenvalue weighted by Crippen LogP contribution is 2.43. The number of rotatable bonds is 6. The maximum atomic E-state index is 13.6. The van der Waals surface area contributed by atoms with Gasteiger partial charge in [0.2, 0.25) is 0 Å². The molecule has 0 radical (unpaired) electrons. The van der Waals surface area contributed by atoms with E-state index >= 15 is 0 Å². The predicted molar refractivity (Wildman–Crippen MR) is 136 cm³/mol. The lowest BCUT2D eigenvalue weighted by molar-refractivity contribution is -0.126. The molecular formula is C26H29Cl2N3O3. The highest BCUT2D eigenvalue weighted by molar-refractivity contribution is 6.39. The fourth-order valence-corrected chi connectivity index (χ4v) is 5.03. The first-order valence-corrected chi connectivity index (χ1v) is 12.4. The number of piperidine rings is 1. The number of anilines is 1. The summed E-state index contributed by atoms with van der Waals surface area (Å²) in [4.78, 5) is 33.9. The summed E-state index contributed by atoms with van der Waals surface area (Å²) in [5.74, 6) is -0.315. The number of halogens is 2. The van der Waals surface area contributed by atoms with Crippen molar-refractivity contribution in [2.45, 2.75) is 51.2 Å². The summed E-state index contributed by atoms with van der Waals surface area (Å²) in [7, 11) is 0. The lowest BCUT2D eigenvalue weighted by atomic mass is 9.84. The van der Waals surface area contributed by atoms with Crippen LogP contribution < -0.4 is 5.32 Å². The number of hydrogen-bond acceptors (Lipinski definition) is 4. The largest absolute Gasteiger partial charge is 0.393 e. The van der Waals surface area contributed by atoms with E-state index in [1.807, 2.05) is 32.0 Å². The molecule has 2 amide bonds. The Kier molecular flexibility index (Phi) is 7.31. The molecule has 2 aromatic carbocycles. The van der Waals surface area contributed by atoms with Crippen molar-refractivity contribution in [2.75, 3.05) is 18.4 Å². The Bertz CT molecular complexity index is 1130. The van der Waals surface area contributed by atoms with Crippen molar-refractivity contribution < 1.29 is 14.7 Å². The van der Waals surface area contributed by atoms with Crippen molar-refractivity contribution in [1.29, 1.82) is 0 Å². The van der Waals surface area contributed by atoms with Gasteiger partial charge in [-0.15, -0.1) is 0 Å². The van der Waals surface area contributed by atoms with Crippen LogP contribution in [0.2, 0.25) is 10.0 Å². The number of likely N-dealkylation sites (tertiary alicyclic amines) is 1. The highest BCUT2D eigenvalue weighted by Gasteiger charge is 2.48. The minimum Gasteiger partial charge on any atom is -0.393 e. The van der Waals surface area contributed by atoms with Crippen LogP contribution in [0.5, 0.6) is 0 Å². The summed E-state index contributed by atoms with van der Waals surface area (Å²) in [6, 6.07) is 12.6. The van der Waals surface area contributed by atoms with E-state index in [9.17, 15) is 14.7 Å². The van der Waals surface area contributed by atoms with E-state index in [-0.39, 0.29) is 30.3 Å². The van der Waals surface area contributed by atoms with E-state index in [4.69, 9.17) is 28.2 Å². The van der Waals surface area contributed by atoms with Crippen molar-refractivity contribution in [3.05, 3.63) is 63.6 Å². The average molecular weight is 502 g/mol. The summed E-state index contributed by atoms with van der Waals surface area (Å²) in [5.41, 5.74) is 1.17. The molecule has 1 saturated heterocycles. The summed E-state index contributed by atoms with van der Waals surface area (Å²) < 4.78 is 0. The molecule has 180 valence electrons. The number of nitrogens with one attached hydrogen (secondary N) is 1. The Balaban J connectivity index is 1.83. The molecule has 2 aliphatic rings. The Morgan fingerprint density at radius 1 is 1.18 bits per heavy atom. The number of benzene rings is 2. The van der Waals surface area contributed by atoms with Crippen molar-refractivity contribution in [2.24, 2.45) is 10.9 Å². The van der Waals surface area contributed by atoms with Gasteiger partial charge in [0.25, 0.3) is 11.8 Å². The van der Waals surface area contributed by atoms with Gasteiger partial charge in [-0.3, -0.25) is 14.6 Å². The molecule has 2 N–H and O–H groups in total. The number of carbonyl (C=O) groups excluding carboxylic acids is 2. The molecule has 34 heavy (non-hydrogen) atoms. The fourth-order valence-electron chi connectivity index (χ4n) is 4.65. The smallest absolute Gasteiger partial charge is 0.267 e. The van der Waals surface area contributed by atoms with E-state index in [0.29, 0.717) is 59.4 Å². The van der Waals surface area contributed by atoms with Crippen LogP contribution in [0.15, 0.2) is 47.5 Å². The molecule has 1 unspecified atom stereocenters. The maximum Gasteiger partial charge on any atom is 0.267 e. The SMILES string of the molecule is CC(C)CC(=NC1(Cc2cccc(Cl)c2)C(=O)Nc2cc(Cl)ccc21)C(=O)N1CCC(O)CC1. The first kappa shape index (κ1) is 24.7. The number of nitrogens with zero attached hydrogens (tertiary/aromatic N) is 2. The molecule has 0 bridgehead atoms. The van der Waals surface area contributed by atoms with E-state index in [1.165, 1.54) is 0 Å². The van der Waals surface area contributed by atoms with Crippen molar-refractivity contribution in [3.63, 3.8) is 0 Å².